The molecule has 0 saturated heterocycles. The van der Waals surface area contributed by atoms with Gasteiger partial charge in [0.2, 0.25) is 0 Å². The van der Waals surface area contributed by atoms with Crippen molar-refractivity contribution in [2.75, 3.05) is 0 Å². The molecular formula is C9H14N2O. The van der Waals surface area contributed by atoms with Crippen LogP contribution in [0.3, 0.4) is 0 Å². The summed E-state index contributed by atoms with van der Waals surface area (Å²) < 4.78 is 0. The molecule has 0 radical (unpaired) electrons. The summed E-state index contributed by atoms with van der Waals surface area (Å²) >= 11 is 0. The third-order valence-corrected chi connectivity index (χ3v) is 1.98. The summed E-state index contributed by atoms with van der Waals surface area (Å²) in [5, 5.41) is 0. The fourth-order valence-corrected chi connectivity index (χ4v) is 1.07. The lowest BCUT2D eigenvalue weighted by Gasteiger charge is -2.08. The van der Waals surface area contributed by atoms with Crippen molar-refractivity contribution in [1.82, 2.24) is 4.98 Å². The van der Waals surface area contributed by atoms with E-state index in [1.165, 1.54) is 0 Å². The summed E-state index contributed by atoms with van der Waals surface area (Å²) in [5.41, 5.74) is 7.47. The molecule has 0 aliphatic carbocycles. The van der Waals surface area contributed by atoms with Gasteiger partial charge in [0, 0.05) is 17.8 Å². The van der Waals surface area contributed by atoms with Crippen LogP contribution in [0.5, 0.6) is 0 Å². The van der Waals surface area contributed by atoms with Crippen LogP contribution in [0.25, 0.3) is 0 Å². The minimum atomic E-state index is -0.0398. The van der Waals surface area contributed by atoms with Crippen LogP contribution in [0, 0.1) is 6.92 Å². The second kappa shape index (κ2) is 3.54. The van der Waals surface area contributed by atoms with E-state index < -0.39 is 0 Å². The zero-order valence-corrected chi connectivity index (χ0v) is 7.42. The molecule has 12 heavy (non-hydrogen) atoms. The molecule has 0 amide bonds. The Bertz CT molecular complexity index is 317. The molecule has 1 heterocycles. The first-order valence-electron chi connectivity index (χ1n) is 4.10. The van der Waals surface area contributed by atoms with Gasteiger partial charge < -0.3 is 10.7 Å². The Labute approximate surface area is 71.6 Å². The van der Waals surface area contributed by atoms with Crippen LogP contribution < -0.4 is 11.3 Å². The number of nitrogens with one attached hydrogen (secondary N) is 1. The van der Waals surface area contributed by atoms with E-state index in [2.05, 4.69) is 4.98 Å². The molecule has 1 atom stereocenters. The standard InChI is InChI=1S/C9H14N2O/c1-3-8(10)7-4-6(2)9(12)11-5-7/h4-5,8H,3,10H2,1-2H3,(H,11,12)/t8-/m1/s1. The van der Waals surface area contributed by atoms with Gasteiger partial charge in [-0.2, -0.15) is 0 Å². The van der Waals surface area contributed by atoms with E-state index in [4.69, 9.17) is 5.73 Å². The van der Waals surface area contributed by atoms with Gasteiger partial charge in [-0.1, -0.05) is 6.92 Å². The van der Waals surface area contributed by atoms with Crippen molar-refractivity contribution < 1.29 is 0 Å². The van der Waals surface area contributed by atoms with Gasteiger partial charge in [-0.15, -0.1) is 0 Å². The molecule has 0 saturated carbocycles. The van der Waals surface area contributed by atoms with Crippen molar-refractivity contribution in [1.29, 1.82) is 0 Å². The van der Waals surface area contributed by atoms with Crippen LogP contribution in [0.15, 0.2) is 17.1 Å². The molecule has 66 valence electrons. The molecule has 0 fully saturated rings. The summed E-state index contributed by atoms with van der Waals surface area (Å²) in [6, 6.07) is 1.87. The highest BCUT2D eigenvalue weighted by Gasteiger charge is 2.03. The van der Waals surface area contributed by atoms with E-state index in [-0.39, 0.29) is 11.6 Å². The second-order valence-corrected chi connectivity index (χ2v) is 2.96. The topological polar surface area (TPSA) is 58.9 Å². The number of nitrogens with two attached hydrogens (primary N) is 1. The van der Waals surface area contributed by atoms with Crippen LogP contribution in [0.4, 0.5) is 0 Å². The van der Waals surface area contributed by atoms with Gasteiger partial charge >= 0.3 is 0 Å². The van der Waals surface area contributed by atoms with Gasteiger partial charge in [0.1, 0.15) is 0 Å². The number of rotatable bonds is 2. The first kappa shape index (κ1) is 9.00. The van der Waals surface area contributed by atoms with Gasteiger partial charge in [0.25, 0.3) is 5.56 Å². The predicted octanol–water partition coefficient (Wildman–Crippen LogP) is 1.09. The van der Waals surface area contributed by atoms with E-state index >= 15 is 0 Å². The minimum Gasteiger partial charge on any atom is -0.329 e. The Morgan fingerprint density at radius 1 is 1.67 bits per heavy atom. The zero-order valence-electron chi connectivity index (χ0n) is 7.42. The van der Waals surface area contributed by atoms with Gasteiger partial charge in [-0.3, -0.25) is 4.79 Å². The summed E-state index contributed by atoms with van der Waals surface area (Å²) in [5.74, 6) is 0. The normalized spacial score (nSPS) is 12.9. The maximum atomic E-state index is 11.0. The third-order valence-electron chi connectivity index (χ3n) is 1.98. The Hall–Kier alpha value is -1.09. The minimum absolute atomic E-state index is 0.0283. The van der Waals surface area contributed by atoms with Crippen LogP contribution >= 0.6 is 0 Å². The van der Waals surface area contributed by atoms with Crippen molar-refractivity contribution in [3.05, 3.63) is 33.7 Å². The van der Waals surface area contributed by atoms with Crippen molar-refractivity contribution in [2.45, 2.75) is 26.3 Å². The highest BCUT2D eigenvalue weighted by molar-refractivity contribution is 5.19. The Kier molecular flexibility index (Phi) is 2.65. The molecular weight excluding hydrogens is 152 g/mol. The highest BCUT2D eigenvalue weighted by Crippen LogP contribution is 2.11. The van der Waals surface area contributed by atoms with E-state index in [0.29, 0.717) is 0 Å². The molecule has 0 aliphatic rings. The van der Waals surface area contributed by atoms with Gasteiger partial charge in [-0.05, 0) is 25.0 Å². The van der Waals surface area contributed by atoms with Gasteiger partial charge in [0.05, 0.1) is 0 Å². The number of pyridine rings is 1. The molecule has 0 spiro atoms. The van der Waals surface area contributed by atoms with Crippen molar-refractivity contribution >= 4 is 0 Å². The Morgan fingerprint density at radius 3 is 2.83 bits per heavy atom. The van der Waals surface area contributed by atoms with Crippen molar-refractivity contribution in [2.24, 2.45) is 5.73 Å². The lowest BCUT2D eigenvalue weighted by Crippen LogP contribution is -2.14. The lowest BCUT2D eigenvalue weighted by atomic mass is 10.1. The molecule has 0 unspecified atom stereocenters. The van der Waals surface area contributed by atoms with Crippen LogP contribution in [-0.2, 0) is 0 Å². The fraction of sp³-hybridized carbons (Fsp3) is 0.444. The smallest absolute Gasteiger partial charge is 0.250 e. The van der Waals surface area contributed by atoms with E-state index in [9.17, 15) is 4.79 Å². The zero-order chi connectivity index (χ0) is 9.14. The Morgan fingerprint density at radius 2 is 2.33 bits per heavy atom. The Balaban J connectivity index is 3.04. The quantitative estimate of drug-likeness (QED) is 0.691. The molecule has 0 aliphatic heterocycles. The average Bonchev–Trinajstić information content (AvgIpc) is 2.08. The predicted molar refractivity (Wildman–Crippen MR) is 49.0 cm³/mol. The number of H-pyrrole nitrogens is 1. The number of hydrogen-bond donors (Lipinski definition) is 2. The largest absolute Gasteiger partial charge is 0.329 e. The van der Waals surface area contributed by atoms with Crippen molar-refractivity contribution in [3.63, 3.8) is 0 Å². The van der Waals surface area contributed by atoms with Gasteiger partial charge in [-0.25, -0.2) is 0 Å². The second-order valence-electron chi connectivity index (χ2n) is 2.96. The SMILES string of the molecule is CC[C@@H](N)c1c[nH]c(=O)c(C)c1. The maximum Gasteiger partial charge on any atom is 0.250 e. The van der Waals surface area contributed by atoms with E-state index in [1.54, 1.807) is 13.1 Å². The fourth-order valence-electron chi connectivity index (χ4n) is 1.07. The average molecular weight is 166 g/mol. The highest BCUT2D eigenvalue weighted by atomic mass is 16.1. The first-order valence-corrected chi connectivity index (χ1v) is 4.10. The molecule has 3 heteroatoms. The lowest BCUT2D eigenvalue weighted by molar-refractivity contribution is 0.693. The summed E-state index contributed by atoms with van der Waals surface area (Å²) in [6.45, 7) is 3.80. The molecule has 1 aromatic heterocycles. The van der Waals surface area contributed by atoms with Gasteiger partial charge in [0.15, 0.2) is 0 Å². The number of aromatic nitrogens is 1. The summed E-state index contributed by atoms with van der Waals surface area (Å²) in [4.78, 5) is 13.6. The number of hydrogen-bond acceptors (Lipinski definition) is 2. The molecule has 3 nitrogen and oxygen atoms in total. The molecule has 1 aromatic rings. The summed E-state index contributed by atoms with van der Waals surface area (Å²) in [7, 11) is 0. The van der Waals surface area contributed by atoms with Crippen LogP contribution in [-0.4, -0.2) is 4.98 Å². The molecule has 0 bridgehead atoms. The van der Waals surface area contributed by atoms with E-state index in [1.807, 2.05) is 13.0 Å². The molecule has 1 rings (SSSR count). The molecule has 0 aromatic carbocycles. The number of aromatic amines is 1. The summed E-state index contributed by atoms with van der Waals surface area (Å²) in [6.07, 6.45) is 2.56. The third kappa shape index (κ3) is 1.74. The monoisotopic (exact) mass is 166 g/mol. The molecule has 3 N–H and O–H groups in total. The van der Waals surface area contributed by atoms with Crippen LogP contribution in [0.2, 0.25) is 0 Å². The maximum absolute atomic E-state index is 11.0. The van der Waals surface area contributed by atoms with Crippen LogP contribution in [0.1, 0.15) is 30.5 Å². The number of aryl methyl sites for hydroxylation is 1. The first-order chi connectivity index (χ1) is 5.65. The van der Waals surface area contributed by atoms with E-state index in [0.717, 1.165) is 17.5 Å². The van der Waals surface area contributed by atoms with Crippen molar-refractivity contribution in [3.8, 4) is 0 Å².